The van der Waals surface area contributed by atoms with Crippen molar-refractivity contribution in [1.82, 2.24) is 4.98 Å². The lowest BCUT2D eigenvalue weighted by Crippen LogP contribution is -2.12. The molecule has 1 aromatic rings. The number of nitrogens with one attached hydrogen (secondary N) is 1. The SMILES string of the molecule is NNc1cc(COCCC(F)(F)F)ccn1. The molecule has 1 heterocycles. The normalized spacial score (nSPS) is 11.5. The van der Waals surface area contributed by atoms with Gasteiger partial charge in [0.1, 0.15) is 5.82 Å². The second-order valence-corrected chi connectivity index (χ2v) is 3.11. The van der Waals surface area contributed by atoms with Crippen molar-refractivity contribution in [2.24, 2.45) is 5.84 Å². The Bertz CT molecular complexity index is 330. The number of hydrogen-bond acceptors (Lipinski definition) is 4. The minimum absolute atomic E-state index is 0.104. The van der Waals surface area contributed by atoms with Gasteiger partial charge in [-0.25, -0.2) is 10.8 Å². The number of pyridine rings is 1. The van der Waals surface area contributed by atoms with Crippen LogP contribution in [0.15, 0.2) is 18.3 Å². The first-order valence-electron chi connectivity index (χ1n) is 4.57. The molecule has 0 aliphatic rings. The maximum absolute atomic E-state index is 11.8. The van der Waals surface area contributed by atoms with Gasteiger partial charge in [-0.05, 0) is 17.7 Å². The fourth-order valence-electron chi connectivity index (χ4n) is 1.02. The van der Waals surface area contributed by atoms with Crippen molar-refractivity contribution >= 4 is 5.82 Å². The summed E-state index contributed by atoms with van der Waals surface area (Å²) in [5.74, 6) is 5.57. The number of rotatable bonds is 5. The first kappa shape index (κ1) is 12.7. The highest BCUT2D eigenvalue weighted by molar-refractivity contribution is 5.35. The Labute approximate surface area is 90.6 Å². The van der Waals surface area contributed by atoms with Crippen LogP contribution in [-0.2, 0) is 11.3 Å². The average molecular weight is 235 g/mol. The number of hydrogen-bond donors (Lipinski definition) is 2. The second-order valence-electron chi connectivity index (χ2n) is 3.11. The van der Waals surface area contributed by atoms with Crippen molar-refractivity contribution in [2.75, 3.05) is 12.0 Å². The molecule has 0 atom stereocenters. The fraction of sp³-hybridized carbons (Fsp3) is 0.444. The van der Waals surface area contributed by atoms with Crippen LogP contribution in [-0.4, -0.2) is 17.8 Å². The molecule has 0 saturated heterocycles. The molecule has 0 bridgehead atoms. The Morgan fingerprint density at radius 3 is 2.81 bits per heavy atom. The molecule has 7 heteroatoms. The zero-order valence-electron chi connectivity index (χ0n) is 8.42. The van der Waals surface area contributed by atoms with Crippen LogP contribution in [0.3, 0.4) is 0 Å². The van der Waals surface area contributed by atoms with Crippen LogP contribution in [0.1, 0.15) is 12.0 Å². The molecule has 0 aliphatic heterocycles. The van der Waals surface area contributed by atoms with Gasteiger partial charge in [0.15, 0.2) is 0 Å². The highest BCUT2D eigenvalue weighted by Gasteiger charge is 2.26. The fourth-order valence-corrected chi connectivity index (χ4v) is 1.02. The van der Waals surface area contributed by atoms with Crippen LogP contribution in [0.25, 0.3) is 0 Å². The molecule has 0 amide bonds. The van der Waals surface area contributed by atoms with Gasteiger partial charge < -0.3 is 10.2 Å². The first-order valence-corrected chi connectivity index (χ1v) is 4.57. The van der Waals surface area contributed by atoms with Gasteiger partial charge in [-0.2, -0.15) is 13.2 Å². The molecule has 16 heavy (non-hydrogen) atoms. The van der Waals surface area contributed by atoms with E-state index in [4.69, 9.17) is 10.6 Å². The molecule has 0 spiro atoms. The van der Waals surface area contributed by atoms with Crippen molar-refractivity contribution in [3.8, 4) is 0 Å². The Hall–Kier alpha value is -1.34. The molecular weight excluding hydrogens is 223 g/mol. The minimum Gasteiger partial charge on any atom is -0.376 e. The molecule has 1 aromatic heterocycles. The number of alkyl halides is 3. The molecular formula is C9H12F3N3O. The van der Waals surface area contributed by atoms with E-state index in [0.717, 1.165) is 0 Å². The number of halogens is 3. The van der Waals surface area contributed by atoms with E-state index in [0.29, 0.717) is 11.4 Å². The summed E-state index contributed by atoms with van der Waals surface area (Å²) in [5.41, 5.74) is 3.05. The van der Waals surface area contributed by atoms with E-state index in [9.17, 15) is 13.2 Å². The van der Waals surface area contributed by atoms with Gasteiger partial charge in [0.25, 0.3) is 0 Å². The van der Waals surface area contributed by atoms with E-state index >= 15 is 0 Å². The zero-order chi connectivity index (χ0) is 12.0. The minimum atomic E-state index is -4.18. The van der Waals surface area contributed by atoms with Crippen molar-refractivity contribution in [3.05, 3.63) is 23.9 Å². The third-order valence-corrected chi connectivity index (χ3v) is 1.77. The summed E-state index contributed by atoms with van der Waals surface area (Å²) in [7, 11) is 0. The summed E-state index contributed by atoms with van der Waals surface area (Å²) in [6, 6.07) is 3.25. The maximum atomic E-state index is 11.8. The summed E-state index contributed by atoms with van der Waals surface area (Å²) in [6.45, 7) is -0.246. The van der Waals surface area contributed by atoms with Gasteiger partial charge in [0.05, 0.1) is 19.6 Å². The third-order valence-electron chi connectivity index (χ3n) is 1.77. The second kappa shape index (κ2) is 5.66. The Balaban J connectivity index is 2.32. The Morgan fingerprint density at radius 1 is 1.44 bits per heavy atom. The average Bonchev–Trinajstić information content (AvgIpc) is 2.23. The molecule has 0 unspecified atom stereocenters. The van der Waals surface area contributed by atoms with E-state index in [1.165, 1.54) is 6.20 Å². The summed E-state index contributed by atoms with van der Waals surface area (Å²) in [6.07, 6.45) is -3.63. The van der Waals surface area contributed by atoms with Crippen molar-refractivity contribution in [1.29, 1.82) is 0 Å². The van der Waals surface area contributed by atoms with Crippen LogP contribution in [0.5, 0.6) is 0 Å². The van der Waals surface area contributed by atoms with E-state index in [1.807, 2.05) is 0 Å². The Kier molecular flexibility index (Phi) is 4.51. The molecule has 0 aliphatic carbocycles. The zero-order valence-corrected chi connectivity index (χ0v) is 8.42. The Morgan fingerprint density at radius 2 is 2.19 bits per heavy atom. The van der Waals surface area contributed by atoms with Crippen molar-refractivity contribution in [2.45, 2.75) is 19.2 Å². The lowest BCUT2D eigenvalue weighted by Gasteiger charge is -2.07. The smallest absolute Gasteiger partial charge is 0.376 e. The highest BCUT2D eigenvalue weighted by atomic mass is 19.4. The quantitative estimate of drug-likeness (QED) is 0.464. The number of nitrogens with zero attached hydrogens (tertiary/aromatic N) is 1. The molecule has 90 valence electrons. The summed E-state index contributed by atoms with van der Waals surface area (Å²) in [4.78, 5) is 3.85. The summed E-state index contributed by atoms with van der Waals surface area (Å²) in [5, 5.41) is 0. The van der Waals surface area contributed by atoms with E-state index in [-0.39, 0.29) is 13.2 Å². The number of ether oxygens (including phenoxy) is 1. The van der Waals surface area contributed by atoms with Gasteiger partial charge >= 0.3 is 6.18 Å². The number of nitrogen functional groups attached to an aromatic ring is 1. The van der Waals surface area contributed by atoms with Gasteiger partial charge in [-0.1, -0.05) is 0 Å². The topological polar surface area (TPSA) is 60.2 Å². The van der Waals surface area contributed by atoms with E-state index < -0.39 is 12.6 Å². The predicted octanol–water partition coefficient (Wildman–Crippen LogP) is 1.84. The molecule has 0 radical (unpaired) electrons. The van der Waals surface area contributed by atoms with Gasteiger partial charge in [-0.15, -0.1) is 0 Å². The number of aromatic nitrogens is 1. The van der Waals surface area contributed by atoms with E-state index in [2.05, 4.69) is 10.4 Å². The van der Waals surface area contributed by atoms with Crippen molar-refractivity contribution in [3.63, 3.8) is 0 Å². The first-order chi connectivity index (χ1) is 7.51. The van der Waals surface area contributed by atoms with Crippen LogP contribution in [0.4, 0.5) is 19.0 Å². The predicted molar refractivity (Wildman–Crippen MR) is 52.4 cm³/mol. The van der Waals surface area contributed by atoms with Gasteiger partial charge in [0.2, 0.25) is 0 Å². The van der Waals surface area contributed by atoms with Gasteiger partial charge in [-0.3, -0.25) is 0 Å². The van der Waals surface area contributed by atoms with Gasteiger partial charge in [0, 0.05) is 6.20 Å². The van der Waals surface area contributed by atoms with E-state index in [1.54, 1.807) is 12.1 Å². The molecule has 3 N–H and O–H groups in total. The molecule has 0 aromatic carbocycles. The molecule has 0 saturated carbocycles. The third kappa shape index (κ3) is 4.94. The number of anilines is 1. The summed E-state index contributed by atoms with van der Waals surface area (Å²) >= 11 is 0. The number of hydrazine groups is 1. The van der Waals surface area contributed by atoms with Crippen LogP contribution in [0, 0.1) is 0 Å². The lowest BCUT2D eigenvalue weighted by atomic mass is 10.3. The van der Waals surface area contributed by atoms with Crippen LogP contribution in [0.2, 0.25) is 0 Å². The summed E-state index contributed by atoms with van der Waals surface area (Å²) < 4.78 is 40.2. The lowest BCUT2D eigenvalue weighted by molar-refractivity contribution is -0.146. The standard InChI is InChI=1S/C9H12F3N3O/c10-9(11,12)2-4-16-6-7-1-3-14-8(5-7)15-13/h1,3,5H,2,4,6,13H2,(H,14,15). The molecule has 4 nitrogen and oxygen atoms in total. The van der Waals surface area contributed by atoms with Crippen LogP contribution >= 0.6 is 0 Å². The number of nitrogens with two attached hydrogens (primary N) is 1. The molecule has 0 fully saturated rings. The largest absolute Gasteiger partial charge is 0.391 e. The highest BCUT2D eigenvalue weighted by Crippen LogP contribution is 2.19. The van der Waals surface area contributed by atoms with Crippen molar-refractivity contribution < 1.29 is 17.9 Å². The maximum Gasteiger partial charge on any atom is 0.391 e. The monoisotopic (exact) mass is 235 g/mol. The van der Waals surface area contributed by atoms with Crippen LogP contribution < -0.4 is 11.3 Å². The molecule has 1 rings (SSSR count).